The van der Waals surface area contributed by atoms with Crippen molar-refractivity contribution >= 4 is 11.8 Å². The number of nitrogens with two attached hydrogens (primary N) is 1. The minimum atomic E-state index is -0.263. The van der Waals surface area contributed by atoms with Gasteiger partial charge in [-0.1, -0.05) is 6.07 Å². The molecule has 2 amide bonds. The summed E-state index contributed by atoms with van der Waals surface area (Å²) in [4.78, 5) is 25.3. The van der Waals surface area contributed by atoms with Crippen molar-refractivity contribution in [3.05, 3.63) is 28.8 Å². The van der Waals surface area contributed by atoms with Crippen LogP contribution in [0.4, 0.5) is 0 Å². The molecule has 1 saturated heterocycles. The van der Waals surface area contributed by atoms with Crippen molar-refractivity contribution in [3.63, 3.8) is 0 Å². The molecule has 0 saturated carbocycles. The number of rotatable bonds is 7. The lowest BCUT2D eigenvalue weighted by Gasteiger charge is -2.32. The van der Waals surface area contributed by atoms with Gasteiger partial charge in [-0.15, -0.1) is 0 Å². The number of hydrogen-bond acceptors (Lipinski definition) is 3. The summed E-state index contributed by atoms with van der Waals surface area (Å²) in [6.07, 6.45) is 3.62. The average Bonchev–Trinajstić information content (AvgIpc) is 2.57. The molecule has 0 bridgehead atoms. The number of piperidine rings is 1. The predicted octanol–water partition coefficient (Wildman–Crippen LogP) is 2.88. The first kappa shape index (κ1) is 19.3. The smallest absolute Gasteiger partial charge is 0.226 e. The standard InChI is InChI=1S/C20H30N2O3/c1-14-11-15(2)16(3)18(12-14)25-10-8-20(24)22-9-4-5-17(13-22)6-7-19(21)23/h11-12,17H,4-10,13H2,1-3H3,(H2,21,23)/t17-/m1/s1. The first-order valence-electron chi connectivity index (χ1n) is 9.13. The largest absolute Gasteiger partial charge is 0.493 e. The van der Waals surface area contributed by atoms with E-state index in [0.29, 0.717) is 25.4 Å². The van der Waals surface area contributed by atoms with Crippen LogP contribution < -0.4 is 10.5 Å². The Labute approximate surface area is 150 Å². The van der Waals surface area contributed by atoms with E-state index in [0.717, 1.165) is 49.2 Å². The van der Waals surface area contributed by atoms with Crippen LogP contribution in [0.3, 0.4) is 0 Å². The maximum Gasteiger partial charge on any atom is 0.226 e. The molecule has 1 aliphatic heterocycles. The van der Waals surface area contributed by atoms with Crippen molar-refractivity contribution in [2.75, 3.05) is 19.7 Å². The molecule has 5 heteroatoms. The van der Waals surface area contributed by atoms with E-state index in [1.54, 1.807) is 0 Å². The Bertz CT molecular complexity index is 628. The topological polar surface area (TPSA) is 72.6 Å². The van der Waals surface area contributed by atoms with Crippen LogP contribution >= 0.6 is 0 Å². The quantitative estimate of drug-likeness (QED) is 0.825. The molecule has 0 aliphatic carbocycles. The Morgan fingerprint density at radius 2 is 2.00 bits per heavy atom. The molecule has 0 spiro atoms. The number of carbonyl (C=O) groups excluding carboxylic acids is 2. The van der Waals surface area contributed by atoms with Crippen LogP contribution in [0.1, 0.15) is 48.8 Å². The molecular weight excluding hydrogens is 316 g/mol. The molecule has 1 atom stereocenters. The van der Waals surface area contributed by atoms with Gasteiger partial charge in [0, 0.05) is 19.5 Å². The second-order valence-electron chi connectivity index (χ2n) is 7.16. The van der Waals surface area contributed by atoms with Gasteiger partial charge in [-0.25, -0.2) is 0 Å². The van der Waals surface area contributed by atoms with Crippen LogP contribution in [0.2, 0.25) is 0 Å². The highest BCUT2D eigenvalue weighted by Gasteiger charge is 2.23. The van der Waals surface area contributed by atoms with Crippen LogP contribution in [-0.4, -0.2) is 36.4 Å². The second-order valence-corrected chi connectivity index (χ2v) is 7.16. The Balaban J connectivity index is 1.81. The van der Waals surface area contributed by atoms with Crippen molar-refractivity contribution in [2.45, 2.75) is 52.9 Å². The number of aryl methyl sites for hydroxylation is 2. The van der Waals surface area contributed by atoms with E-state index in [1.165, 1.54) is 5.56 Å². The molecule has 138 valence electrons. The van der Waals surface area contributed by atoms with E-state index in [9.17, 15) is 9.59 Å². The third-order valence-corrected chi connectivity index (χ3v) is 5.01. The van der Waals surface area contributed by atoms with Crippen molar-refractivity contribution in [2.24, 2.45) is 11.7 Å². The van der Waals surface area contributed by atoms with Gasteiger partial charge in [0.05, 0.1) is 13.0 Å². The molecule has 1 aromatic rings. The van der Waals surface area contributed by atoms with Gasteiger partial charge in [0.2, 0.25) is 11.8 Å². The molecular formula is C20H30N2O3. The van der Waals surface area contributed by atoms with E-state index in [4.69, 9.17) is 10.5 Å². The number of likely N-dealkylation sites (tertiary alicyclic amines) is 1. The number of hydrogen-bond donors (Lipinski definition) is 1. The zero-order chi connectivity index (χ0) is 18.4. The molecule has 25 heavy (non-hydrogen) atoms. The van der Waals surface area contributed by atoms with Crippen LogP contribution in [0, 0.1) is 26.7 Å². The molecule has 0 unspecified atom stereocenters. The predicted molar refractivity (Wildman–Crippen MR) is 98.5 cm³/mol. The van der Waals surface area contributed by atoms with E-state index in [2.05, 4.69) is 13.0 Å². The molecule has 1 aliphatic rings. The second kappa shape index (κ2) is 8.88. The fourth-order valence-corrected chi connectivity index (χ4v) is 3.43. The molecule has 1 heterocycles. The summed E-state index contributed by atoms with van der Waals surface area (Å²) >= 11 is 0. The molecule has 5 nitrogen and oxygen atoms in total. The van der Waals surface area contributed by atoms with Gasteiger partial charge in [0.25, 0.3) is 0 Å². The molecule has 2 N–H and O–H groups in total. The van der Waals surface area contributed by atoms with Crippen molar-refractivity contribution in [1.29, 1.82) is 0 Å². The van der Waals surface area contributed by atoms with E-state index >= 15 is 0 Å². The Kier molecular flexibility index (Phi) is 6.85. The maximum atomic E-state index is 12.4. The summed E-state index contributed by atoms with van der Waals surface area (Å²) in [7, 11) is 0. The van der Waals surface area contributed by atoms with Crippen LogP contribution in [0.5, 0.6) is 5.75 Å². The first-order chi connectivity index (χ1) is 11.9. The average molecular weight is 346 g/mol. The van der Waals surface area contributed by atoms with Gasteiger partial charge in [0.1, 0.15) is 5.75 Å². The van der Waals surface area contributed by atoms with Crippen molar-refractivity contribution in [3.8, 4) is 5.75 Å². The molecule has 1 fully saturated rings. The summed E-state index contributed by atoms with van der Waals surface area (Å²) in [6.45, 7) is 8.08. The molecule has 1 aromatic carbocycles. The molecule has 0 aromatic heterocycles. The van der Waals surface area contributed by atoms with E-state index < -0.39 is 0 Å². The van der Waals surface area contributed by atoms with Gasteiger partial charge in [-0.3, -0.25) is 9.59 Å². The highest BCUT2D eigenvalue weighted by molar-refractivity contribution is 5.76. The van der Waals surface area contributed by atoms with Crippen LogP contribution in [0.25, 0.3) is 0 Å². The number of amides is 2. The summed E-state index contributed by atoms with van der Waals surface area (Å²) in [5.74, 6) is 1.11. The third kappa shape index (κ3) is 5.76. The Hall–Kier alpha value is -2.04. The zero-order valence-corrected chi connectivity index (χ0v) is 15.6. The Morgan fingerprint density at radius 1 is 1.24 bits per heavy atom. The normalized spacial score (nSPS) is 17.4. The zero-order valence-electron chi connectivity index (χ0n) is 15.6. The minimum absolute atomic E-state index is 0.130. The SMILES string of the molecule is Cc1cc(C)c(C)c(OCCC(=O)N2CCC[C@H](CCC(N)=O)C2)c1. The van der Waals surface area contributed by atoms with Gasteiger partial charge in [0.15, 0.2) is 0 Å². The maximum absolute atomic E-state index is 12.4. The van der Waals surface area contributed by atoms with Gasteiger partial charge >= 0.3 is 0 Å². The third-order valence-electron chi connectivity index (χ3n) is 5.01. The number of benzene rings is 1. The lowest BCUT2D eigenvalue weighted by atomic mass is 9.93. The highest BCUT2D eigenvalue weighted by Crippen LogP contribution is 2.24. The fraction of sp³-hybridized carbons (Fsp3) is 0.600. The summed E-state index contributed by atoms with van der Waals surface area (Å²) in [5.41, 5.74) is 8.72. The summed E-state index contributed by atoms with van der Waals surface area (Å²) in [5, 5.41) is 0. The number of ether oxygens (including phenoxy) is 1. The number of nitrogens with zero attached hydrogens (tertiary/aromatic N) is 1. The molecule has 2 rings (SSSR count). The molecule has 0 radical (unpaired) electrons. The van der Waals surface area contributed by atoms with E-state index in [1.807, 2.05) is 24.8 Å². The van der Waals surface area contributed by atoms with Gasteiger partial charge in [-0.05, 0) is 68.7 Å². The van der Waals surface area contributed by atoms with Crippen LogP contribution in [-0.2, 0) is 9.59 Å². The first-order valence-corrected chi connectivity index (χ1v) is 9.13. The monoisotopic (exact) mass is 346 g/mol. The highest BCUT2D eigenvalue weighted by atomic mass is 16.5. The lowest BCUT2D eigenvalue weighted by molar-refractivity contribution is -0.133. The van der Waals surface area contributed by atoms with Crippen molar-refractivity contribution in [1.82, 2.24) is 4.90 Å². The van der Waals surface area contributed by atoms with Crippen molar-refractivity contribution < 1.29 is 14.3 Å². The number of primary amides is 1. The number of carbonyl (C=O) groups is 2. The van der Waals surface area contributed by atoms with Gasteiger partial charge < -0.3 is 15.4 Å². The van der Waals surface area contributed by atoms with Crippen LogP contribution in [0.15, 0.2) is 12.1 Å². The summed E-state index contributed by atoms with van der Waals surface area (Å²) < 4.78 is 5.86. The summed E-state index contributed by atoms with van der Waals surface area (Å²) in [6, 6.07) is 4.15. The Morgan fingerprint density at radius 3 is 2.72 bits per heavy atom. The van der Waals surface area contributed by atoms with Gasteiger partial charge in [-0.2, -0.15) is 0 Å². The fourth-order valence-electron chi connectivity index (χ4n) is 3.43. The minimum Gasteiger partial charge on any atom is -0.493 e. The lowest BCUT2D eigenvalue weighted by Crippen LogP contribution is -2.40. The van der Waals surface area contributed by atoms with E-state index in [-0.39, 0.29) is 11.8 Å².